The van der Waals surface area contributed by atoms with Crippen LogP contribution in [0.1, 0.15) is 15.9 Å². The summed E-state index contributed by atoms with van der Waals surface area (Å²) in [6, 6.07) is 22.5. The van der Waals surface area contributed by atoms with Gasteiger partial charge in [0, 0.05) is 6.54 Å². The molecule has 4 nitrogen and oxygen atoms in total. The van der Waals surface area contributed by atoms with Gasteiger partial charge in [-0.1, -0.05) is 48.5 Å². The summed E-state index contributed by atoms with van der Waals surface area (Å²) in [5, 5.41) is 12.2. The second-order valence-corrected chi connectivity index (χ2v) is 5.95. The summed E-state index contributed by atoms with van der Waals surface area (Å²) in [6.45, 7) is 0.502. The quantitative estimate of drug-likeness (QED) is 0.707. The second-order valence-electron chi connectivity index (χ2n) is 5.95. The average Bonchev–Trinajstić information content (AvgIpc) is 2.69. The highest BCUT2D eigenvalue weighted by molar-refractivity contribution is 5.98. The Morgan fingerprint density at radius 1 is 0.962 bits per heavy atom. The second kappa shape index (κ2) is 8.21. The molecule has 0 saturated carbocycles. The Kier molecular flexibility index (Phi) is 5.54. The molecule has 132 valence electrons. The zero-order chi connectivity index (χ0) is 18.4. The number of aromatic hydroxyl groups is 1. The number of hydrogen-bond acceptors (Lipinski definition) is 3. The van der Waals surface area contributed by atoms with Gasteiger partial charge in [0.05, 0.1) is 12.7 Å². The topological polar surface area (TPSA) is 58.6 Å². The van der Waals surface area contributed by atoms with Gasteiger partial charge in [-0.15, -0.1) is 0 Å². The van der Waals surface area contributed by atoms with Crippen LogP contribution in [0, 0.1) is 0 Å². The zero-order valence-electron chi connectivity index (χ0n) is 14.6. The van der Waals surface area contributed by atoms with E-state index in [1.54, 1.807) is 19.2 Å². The number of benzene rings is 3. The van der Waals surface area contributed by atoms with Crippen LogP contribution < -0.4 is 10.1 Å². The largest absolute Gasteiger partial charge is 0.508 e. The van der Waals surface area contributed by atoms with Crippen LogP contribution in [0.15, 0.2) is 72.8 Å². The number of amides is 1. The van der Waals surface area contributed by atoms with E-state index in [4.69, 9.17) is 4.74 Å². The van der Waals surface area contributed by atoms with E-state index in [-0.39, 0.29) is 11.7 Å². The number of methoxy groups -OCH3 is 1. The number of phenols is 1. The van der Waals surface area contributed by atoms with E-state index >= 15 is 0 Å². The fraction of sp³-hybridized carbons (Fsp3) is 0.136. The molecule has 1 amide bonds. The van der Waals surface area contributed by atoms with Crippen LogP contribution in [0.4, 0.5) is 0 Å². The molecule has 0 aliphatic carbocycles. The maximum atomic E-state index is 12.6. The molecule has 3 aromatic carbocycles. The fourth-order valence-electron chi connectivity index (χ4n) is 2.77. The van der Waals surface area contributed by atoms with Crippen molar-refractivity contribution < 1.29 is 14.6 Å². The summed E-state index contributed by atoms with van der Waals surface area (Å²) in [7, 11) is 1.56. The van der Waals surface area contributed by atoms with Crippen molar-refractivity contribution in [3.63, 3.8) is 0 Å². The molecule has 0 aromatic heterocycles. The first-order valence-electron chi connectivity index (χ1n) is 8.47. The summed E-state index contributed by atoms with van der Waals surface area (Å²) in [5.74, 6) is 0.616. The third-order valence-corrected chi connectivity index (χ3v) is 4.19. The van der Waals surface area contributed by atoms with E-state index in [9.17, 15) is 9.90 Å². The van der Waals surface area contributed by atoms with Gasteiger partial charge in [0.1, 0.15) is 11.5 Å². The highest BCUT2D eigenvalue weighted by atomic mass is 16.5. The molecule has 0 spiro atoms. The lowest BCUT2D eigenvalue weighted by atomic mass is 10.0. The maximum absolute atomic E-state index is 12.6. The van der Waals surface area contributed by atoms with E-state index in [0.29, 0.717) is 24.3 Å². The predicted octanol–water partition coefficient (Wildman–Crippen LogP) is 4.04. The van der Waals surface area contributed by atoms with E-state index < -0.39 is 0 Å². The average molecular weight is 347 g/mol. The molecule has 3 rings (SSSR count). The van der Waals surface area contributed by atoms with Crippen molar-refractivity contribution in [2.24, 2.45) is 0 Å². The number of carbonyl (C=O) groups excluding carboxylic acids is 1. The molecule has 0 saturated heterocycles. The molecule has 0 aliphatic heterocycles. The Balaban J connectivity index is 1.72. The molecule has 26 heavy (non-hydrogen) atoms. The van der Waals surface area contributed by atoms with Crippen LogP contribution in [0.25, 0.3) is 11.1 Å². The number of carbonyl (C=O) groups is 1. The molecular weight excluding hydrogens is 326 g/mol. The van der Waals surface area contributed by atoms with Gasteiger partial charge in [-0.05, 0) is 47.4 Å². The minimum Gasteiger partial charge on any atom is -0.508 e. The maximum Gasteiger partial charge on any atom is 0.255 e. The fourth-order valence-corrected chi connectivity index (χ4v) is 2.77. The highest BCUT2D eigenvalue weighted by Crippen LogP contribution is 2.26. The third-order valence-electron chi connectivity index (χ3n) is 4.19. The first-order chi connectivity index (χ1) is 12.7. The van der Waals surface area contributed by atoms with Crippen LogP contribution >= 0.6 is 0 Å². The van der Waals surface area contributed by atoms with Gasteiger partial charge < -0.3 is 15.2 Å². The normalized spacial score (nSPS) is 10.3. The van der Waals surface area contributed by atoms with E-state index in [1.807, 2.05) is 60.7 Å². The third kappa shape index (κ3) is 4.22. The Labute approximate surface area is 153 Å². The molecule has 2 N–H and O–H groups in total. The Hall–Kier alpha value is -3.27. The van der Waals surface area contributed by atoms with Gasteiger partial charge in [-0.3, -0.25) is 4.79 Å². The number of phenolic OH excluding ortho intramolecular Hbond substituents is 1. The van der Waals surface area contributed by atoms with Crippen molar-refractivity contribution in [3.05, 3.63) is 83.9 Å². The summed E-state index contributed by atoms with van der Waals surface area (Å²) in [6.07, 6.45) is 0.687. The van der Waals surface area contributed by atoms with E-state index in [1.165, 1.54) is 0 Å². The van der Waals surface area contributed by atoms with Gasteiger partial charge in [-0.25, -0.2) is 0 Å². The van der Waals surface area contributed by atoms with Gasteiger partial charge >= 0.3 is 0 Å². The van der Waals surface area contributed by atoms with Crippen molar-refractivity contribution in [2.45, 2.75) is 6.42 Å². The van der Waals surface area contributed by atoms with Crippen LogP contribution in [0.5, 0.6) is 11.5 Å². The van der Waals surface area contributed by atoms with Crippen molar-refractivity contribution in [3.8, 4) is 22.6 Å². The lowest BCUT2D eigenvalue weighted by molar-refractivity contribution is 0.0951. The Morgan fingerprint density at radius 3 is 2.38 bits per heavy atom. The molecule has 0 atom stereocenters. The summed E-state index contributed by atoms with van der Waals surface area (Å²) < 4.78 is 5.35. The lowest BCUT2D eigenvalue weighted by Gasteiger charge is -2.12. The molecule has 0 aliphatic rings. The number of hydrogen-bond donors (Lipinski definition) is 2. The molecule has 3 aromatic rings. The van der Waals surface area contributed by atoms with Crippen molar-refractivity contribution in [1.29, 1.82) is 0 Å². The SMILES string of the molecule is COc1ccc(-c2ccccc2)cc1C(=O)NCCc1ccc(O)cc1. The molecular formula is C22H21NO3. The van der Waals surface area contributed by atoms with E-state index in [2.05, 4.69) is 5.32 Å². The minimum atomic E-state index is -0.168. The van der Waals surface area contributed by atoms with Gasteiger partial charge in [0.15, 0.2) is 0 Å². The van der Waals surface area contributed by atoms with Crippen LogP contribution in [-0.4, -0.2) is 24.7 Å². The van der Waals surface area contributed by atoms with Crippen molar-refractivity contribution in [1.82, 2.24) is 5.32 Å². The standard InChI is InChI=1S/C22H21NO3/c1-26-21-12-9-18(17-5-3-2-4-6-17)15-20(21)22(25)23-14-13-16-7-10-19(24)11-8-16/h2-12,15,24H,13-14H2,1H3,(H,23,25). The van der Waals surface area contributed by atoms with Crippen molar-refractivity contribution >= 4 is 5.91 Å². The Bertz CT molecular complexity index is 874. The number of nitrogens with one attached hydrogen (secondary N) is 1. The monoisotopic (exact) mass is 347 g/mol. The molecule has 0 radical (unpaired) electrons. The lowest BCUT2D eigenvalue weighted by Crippen LogP contribution is -2.26. The van der Waals surface area contributed by atoms with Gasteiger partial charge in [0.2, 0.25) is 0 Å². The number of ether oxygens (including phenoxy) is 1. The minimum absolute atomic E-state index is 0.168. The molecule has 0 fully saturated rings. The zero-order valence-corrected chi connectivity index (χ0v) is 14.6. The Morgan fingerprint density at radius 2 is 1.69 bits per heavy atom. The smallest absolute Gasteiger partial charge is 0.255 e. The van der Waals surface area contributed by atoms with Crippen LogP contribution in [0.2, 0.25) is 0 Å². The van der Waals surface area contributed by atoms with Crippen molar-refractivity contribution in [2.75, 3.05) is 13.7 Å². The van der Waals surface area contributed by atoms with Crippen LogP contribution in [-0.2, 0) is 6.42 Å². The van der Waals surface area contributed by atoms with Gasteiger partial charge in [0.25, 0.3) is 5.91 Å². The predicted molar refractivity (Wildman–Crippen MR) is 103 cm³/mol. The molecule has 0 bridgehead atoms. The summed E-state index contributed by atoms with van der Waals surface area (Å²) in [5.41, 5.74) is 3.58. The molecule has 4 heteroatoms. The first-order valence-corrected chi connectivity index (χ1v) is 8.47. The first kappa shape index (κ1) is 17.5. The molecule has 0 unspecified atom stereocenters. The van der Waals surface area contributed by atoms with Crippen LogP contribution in [0.3, 0.4) is 0 Å². The summed E-state index contributed by atoms with van der Waals surface area (Å²) >= 11 is 0. The van der Waals surface area contributed by atoms with E-state index in [0.717, 1.165) is 16.7 Å². The van der Waals surface area contributed by atoms with Gasteiger partial charge in [-0.2, -0.15) is 0 Å². The number of rotatable bonds is 6. The summed E-state index contributed by atoms with van der Waals surface area (Å²) in [4.78, 5) is 12.6. The highest BCUT2D eigenvalue weighted by Gasteiger charge is 2.13. The molecule has 0 heterocycles.